The van der Waals surface area contributed by atoms with Crippen LogP contribution >= 0.6 is 11.8 Å². The van der Waals surface area contributed by atoms with Crippen LogP contribution in [0.3, 0.4) is 0 Å². The van der Waals surface area contributed by atoms with Crippen LogP contribution in [-0.4, -0.2) is 5.11 Å². The molecule has 2 aromatic rings. The lowest BCUT2D eigenvalue weighted by molar-refractivity contribution is 0.419. The van der Waals surface area contributed by atoms with Crippen LogP contribution in [0.2, 0.25) is 0 Å². The van der Waals surface area contributed by atoms with E-state index in [-0.39, 0.29) is 16.8 Å². The zero-order valence-electron chi connectivity index (χ0n) is 10.3. The fraction of sp³-hybridized carbons (Fsp3) is 0.214. The quantitative estimate of drug-likeness (QED) is 0.931. The van der Waals surface area contributed by atoms with Gasteiger partial charge in [0.05, 0.1) is 5.75 Å². The first-order valence-electron chi connectivity index (χ1n) is 5.74. The number of hydrogen-bond donors (Lipinski definition) is 1. The summed E-state index contributed by atoms with van der Waals surface area (Å²) in [6, 6.07) is 7.60. The van der Waals surface area contributed by atoms with E-state index >= 15 is 0 Å². The third kappa shape index (κ3) is 3.61. The molecule has 0 unspecified atom stereocenters. The summed E-state index contributed by atoms with van der Waals surface area (Å²) in [4.78, 5) is 11.2. The second kappa shape index (κ2) is 5.93. The predicted molar refractivity (Wildman–Crippen MR) is 72.8 cm³/mol. The van der Waals surface area contributed by atoms with Gasteiger partial charge in [-0.2, -0.15) is 0 Å². The van der Waals surface area contributed by atoms with Crippen LogP contribution in [-0.2, 0) is 5.75 Å². The first-order valence-corrected chi connectivity index (χ1v) is 6.79. The number of hydrogen-bond acceptors (Lipinski definition) is 4. The summed E-state index contributed by atoms with van der Waals surface area (Å²) in [5.41, 5.74) is 0.559. The van der Waals surface area contributed by atoms with Crippen LogP contribution < -0.4 is 5.43 Å². The van der Waals surface area contributed by atoms with Gasteiger partial charge < -0.3 is 9.52 Å². The first-order chi connectivity index (χ1) is 9.06. The van der Waals surface area contributed by atoms with Crippen molar-refractivity contribution in [2.45, 2.75) is 17.9 Å². The van der Waals surface area contributed by atoms with Crippen molar-refractivity contribution in [3.63, 3.8) is 0 Å². The van der Waals surface area contributed by atoms with Crippen molar-refractivity contribution < 1.29 is 13.9 Å². The molecule has 1 aromatic carbocycles. The Bertz CT molecular complexity index is 607. The fourth-order valence-electron chi connectivity index (χ4n) is 1.56. The van der Waals surface area contributed by atoms with E-state index in [1.165, 1.54) is 18.2 Å². The SMILES string of the molecule is C[C@H](SCc1cc(=O)c(O)co1)c1ccc(F)cc1. The van der Waals surface area contributed by atoms with Gasteiger partial charge in [-0.1, -0.05) is 12.1 Å². The van der Waals surface area contributed by atoms with E-state index in [2.05, 4.69) is 0 Å². The third-order valence-corrected chi connectivity index (χ3v) is 3.90. The number of thioether (sulfide) groups is 1. The molecular formula is C14H13FO3S. The number of benzene rings is 1. The average molecular weight is 280 g/mol. The minimum absolute atomic E-state index is 0.153. The second-order valence-corrected chi connectivity index (χ2v) is 5.43. The molecule has 5 heteroatoms. The van der Waals surface area contributed by atoms with Gasteiger partial charge in [-0.25, -0.2) is 4.39 Å². The van der Waals surface area contributed by atoms with Crippen LogP contribution in [0.15, 0.2) is 45.8 Å². The topological polar surface area (TPSA) is 50.4 Å². The molecule has 3 nitrogen and oxygen atoms in total. The monoisotopic (exact) mass is 280 g/mol. The molecule has 0 saturated heterocycles. The van der Waals surface area contributed by atoms with Gasteiger partial charge in [0.15, 0.2) is 5.75 Å². The maximum atomic E-state index is 12.8. The van der Waals surface area contributed by atoms with Crippen molar-refractivity contribution in [1.29, 1.82) is 0 Å². The Balaban J connectivity index is 2.00. The molecule has 0 aliphatic heterocycles. The molecule has 1 heterocycles. The minimum Gasteiger partial charge on any atom is -0.502 e. The van der Waals surface area contributed by atoms with E-state index in [9.17, 15) is 9.18 Å². The lowest BCUT2D eigenvalue weighted by atomic mass is 10.2. The highest BCUT2D eigenvalue weighted by atomic mass is 32.2. The smallest absolute Gasteiger partial charge is 0.226 e. The van der Waals surface area contributed by atoms with Crippen LogP contribution in [0.5, 0.6) is 5.75 Å². The minimum atomic E-state index is -0.448. The standard InChI is InChI=1S/C14H13FO3S/c1-9(10-2-4-11(15)5-3-10)19-8-12-6-13(16)14(17)7-18-12/h2-7,9,17H,8H2,1H3/t9-/m0/s1. The van der Waals surface area contributed by atoms with E-state index < -0.39 is 5.43 Å². The van der Waals surface area contributed by atoms with Crippen LogP contribution in [0.1, 0.15) is 23.5 Å². The molecule has 100 valence electrons. The zero-order valence-corrected chi connectivity index (χ0v) is 11.1. The van der Waals surface area contributed by atoms with Gasteiger partial charge in [-0.05, 0) is 24.6 Å². The maximum absolute atomic E-state index is 12.8. The van der Waals surface area contributed by atoms with Crippen molar-refractivity contribution in [2.75, 3.05) is 0 Å². The normalized spacial score (nSPS) is 12.3. The molecule has 0 fully saturated rings. The number of halogens is 1. The van der Waals surface area contributed by atoms with E-state index in [0.29, 0.717) is 11.5 Å². The lowest BCUT2D eigenvalue weighted by Gasteiger charge is -2.11. The highest BCUT2D eigenvalue weighted by molar-refractivity contribution is 7.98. The van der Waals surface area contributed by atoms with Crippen LogP contribution in [0, 0.1) is 5.82 Å². The van der Waals surface area contributed by atoms with Crippen molar-refractivity contribution in [2.24, 2.45) is 0 Å². The van der Waals surface area contributed by atoms with Crippen molar-refractivity contribution in [3.8, 4) is 5.75 Å². The lowest BCUT2D eigenvalue weighted by Crippen LogP contribution is -1.99. The number of aromatic hydroxyl groups is 1. The van der Waals surface area contributed by atoms with Crippen LogP contribution in [0.25, 0.3) is 0 Å². The summed E-state index contributed by atoms with van der Waals surface area (Å²) in [7, 11) is 0. The summed E-state index contributed by atoms with van der Waals surface area (Å²) in [6.45, 7) is 2.00. The Morgan fingerprint density at radius 3 is 2.68 bits per heavy atom. The molecular weight excluding hydrogens is 267 g/mol. The summed E-state index contributed by atoms with van der Waals surface area (Å²) >= 11 is 1.57. The molecule has 0 amide bonds. The van der Waals surface area contributed by atoms with Gasteiger partial charge in [0.1, 0.15) is 17.8 Å². The maximum Gasteiger partial charge on any atom is 0.226 e. The van der Waals surface area contributed by atoms with E-state index in [1.54, 1.807) is 23.9 Å². The Hall–Kier alpha value is -1.75. The largest absolute Gasteiger partial charge is 0.502 e. The predicted octanol–water partition coefficient (Wildman–Crippen LogP) is 3.48. The summed E-state index contributed by atoms with van der Waals surface area (Å²) in [5.74, 6) is 0.362. The van der Waals surface area contributed by atoms with Gasteiger partial charge >= 0.3 is 0 Å². The molecule has 1 N–H and O–H groups in total. The molecule has 1 aromatic heterocycles. The second-order valence-electron chi connectivity index (χ2n) is 4.10. The van der Waals surface area contributed by atoms with Crippen molar-refractivity contribution >= 4 is 11.8 Å². The third-order valence-electron chi connectivity index (χ3n) is 2.68. The highest BCUT2D eigenvalue weighted by Gasteiger charge is 2.08. The van der Waals surface area contributed by atoms with E-state index in [0.717, 1.165) is 11.8 Å². The molecule has 0 aliphatic carbocycles. The van der Waals surface area contributed by atoms with Gasteiger partial charge in [-0.3, -0.25) is 4.79 Å². The Morgan fingerprint density at radius 2 is 2.05 bits per heavy atom. The van der Waals surface area contributed by atoms with Crippen LogP contribution in [0.4, 0.5) is 4.39 Å². The van der Waals surface area contributed by atoms with E-state index in [4.69, 9.17) is 9.52 Å². The van der Waals surface area contributed by atoms with Gasteiger partial charge in [0.2, 0.25) is 5.43 Å². The summed E-state index contributed by atoms with van der Waals surface area (Å²) in [5, 5.41) is 9.23. The molecule has 0 radical (unpaired) electrons. The molecule has 0 saturated carbocycles. The Morgan fingerprint density at radius 1 is 1.37 bits per heavy atom. The Kier molecular flexibility index (Phi) is 4.27. The summed E-state index contributed by atoms with van der Waals surface area (Å²) < 4.78 is 17.9. The van der Waals surface area contributed by atoms with E-state index in [1.807, 2.05) is 6.92 Å². The van der Waals surface area contributed by atoms with Crippen molar-refractivity contribution in [1.82, 2.24) is 0 Å². The average Bonchev–Trinajstić information content (AvgIpc) is 2.40. The van der Waals surface area contributed by atoms with Gasteiger partial charge in [-0.15, -0.1) is 11.8 Å². The molecule has 2 rings (SSSR count). The van der Waals surface area contributed by atoms with Gasteiger partial charge in [0.25, 0.3) is 0 Å². The zero-order chi connectivity index (χ0) is 13.8. The summed E-state index contributed by atoms with van der Waals surface area (Å²) in [6.07, 6.45) is 1.04. The first kappa shape index (κ1) is 13.7. The molecule has 19 heavy (non-hydrogen) atoms. The molecule has 1 atom stereocenters. The Labute approximate surface area is 114 Å². The van der Waals surface area contributed by atoms with Crippen molar-refractivity contribution in [3.05, 3.63) is 64.0 Å². The molecule has 0 aliphatic rings. The van der Waals surface area contributed by atoms with Gasteiger partial charge in [0, 0.05) is 11.3 Å². The molecule has 0 spiro atoms. The highest BCUT2D eigenvalue weighted by Crippen LogP contribution is 2.30. The molecule has 0 bridgehead atoms. The number of rotatable bonds is 4. The fourth-order valence-corrected chi connectivity index (χ4v) is 2.47.